The lowest BCUT2D eigenvalue weighted by Gasteiger charge is -2.14. The minimum atomic E-state index is -4.52. The molecule has 0 saturated heterocycles. The molecule has 0 amide bonds. The minimum absolute atomic E-state index is 0.243. The van der Waals surface area contributed by atoms with Crippen LogP contribution in [0.5, 0.6) is 5.88 Å². The van der Waals surface area contributed by atoms with Gasteiger partial charge in [0.25, 0.3) is 0 Å². The van der Waals surface area contributed by atoms with Crippen LogP contribution in [0.3, 0.4) is 0 Å². The number of hydrogen-bond donors (Lipinski definition) is 1. The van der Waals surface area contributed by atoms with E-state index in [1.54, 1.807) is 50.4 Å². The molecule has 3 aromatic heterocycles. The molecule has 5 rings (SSSR count). The van der Waals surface area contributed by atoms with Crippen LogP contribution in [-0.4, -0.2) is 49.4 Å². The first-order chi connectivity index (χ1) is 20.2. The van der Waals surface area contributed by atoms with Crippen molar-refractivity contribution < 1.29 is 27.4 Å². The van der Waals surface area contributed by atoms with Crippen LogP contribution in [0, 0.1) is 6.92 Å². The molecule has 13 heteroatoms. The van der Waals surface area contributed by atoms with Crippen molar-refractivity contribution in [2.24, 2.45) is 0 Å². The highest BCUT2D eigenvalue weighted by molar-refractivity contribution is 5.88. The van der Waals surface area contributed by atoms with E-state index in [0.717, 1.165) is 30.2 Å². The van der Waals surface area contributed by atoms with E-state index < -0.39 is 17.8 Å². The first-order valence-corrected chi connectivity index (χ1v) is 13.3. The van der Waals surface area contributed by atoms with Gasteiger partial charge in [0.1, 0.15) is 17.7 Å². The number of benzene rings is 1. The number of nitrogens with one attached hydrogen (secondary N) is 1. The van der Waals surface area contributed by atoms with E-state index in [-0.39, 0.29) is 12.5 Å². The second-order valence-electron chi connectivity index (χ2n) is 9.60. The summed E-state index contributed by atoms with van der Waals surface area (Å²) in [5, 5.41) is 6.99. The molecule has 42 heavy (non-hydrogen) atoms. The van der Waals surface area contributed by atoms with Crippen molar-refractivity contribution in [1.29, 1.82) is 0 Å². The van der Waals surface area contributed by atoms with Crippen LogP contribution in [0.4, 0.5) is 19.0 Å². The van der Waals surface area contributed by atoms with Gasteiger partial charge in [0.2, 0.25) is 5.88 Å². The van der Waals surface area contributed by atoms with Gasteiger partial charge in [0, 0.05) is 36.0 Å². The number of aryl methyl sites for hydroxylation is 1. The van der Waals surface area contributed by atoms with Crippen molar-refractivity contribution in [2.75, 3.05) is 19.0 Å². The largest absolute Gasteiger partial charge is 0.480 e. The van der Waals surface area contributed by atoms with Crippen molar-refractivity contribution in [1.82, 2.24) is 29.7 Å². The third-order valence-electron chi connectivity index (χ3n) is 6.54. The van der Waals surface area contributed by atoms with E-state index in [9.17, 15) is 18.0 Å². The Labute approximate surface area is 239 Å². The van der Waals surface area contributed by atoms with Crippen LogP contribution >= 0.6 is 0 Å². The van der Waals surface area contributed by atoms with Gasteiger partial charge in [-0.15, -0.1) is 0 Å². The second kappa shape index (κ2) is 12.0. The third kappa shape index (κ3) is 6.40. The van der Waals surface area contributed by atoms with E-state index >= 15 is 0 Å². The van der Waals surface area contributed by atoms with Crippen LogP contribution in [0.1, 0.15) is 53.9 Å². The summed E-state index contributed by atoms with van der Waals surface area (Å²) >= 11 is 0. The normalized spacial score (nSPS) is 13.4. The van der Waals surface area contributed by atoms with Crippen LogP contribution in [-0.2, 0) is 22.3 Å². The molecule has 1 aromatic carbocycles. The average molecular weight is 580 g/mol. The fraction of sp³-hybridized carbons (Fsp3) is 0.310. The highest BCUT2D eigenvalue weighted by Crippen LogP contribution is 2.45. The van der Waals surface area contributed by atoms with Gasteiger partial charge in [-0.05, 0) is 56.5 Å². The van der Waals surface area contributed by atoms with Gasteiger partial charge in [-0.1, -0.05) is 12.1 Å². The molecule has 0 bridgehead atoms. The molecule has 0 atom stereocenters. The van der Waals surface area contributed by atoms with E-state index in [2.05, 4.69) is 25.4 Å². The maximum absolute atomic E-state index is 13.1. The summed E-state index contributed by atoms with van der Waals surface area (Å²) in [6.45, 7) is 3.85. The summed E-state index contributed by atoms with van der Waals surface area (Å²) in [6, 6.07) is 7.96. The Balaban J connectivity index is 1.43. The summed E-state index contributed by atoms with van der Waals surface area (Å²) in [5.41, 5.74) is 2.73. The number of rotatable bonds is 10. The molecule has 1 aliphatic rings. The number of anilines is 1. The molecule has 0 spiro atoms. The maximum Gasteiger partial charge on any atom is 0.435 e. The molecule has 0 aliphatic heterocycles. The van der Waals surface area contributed by atoms with Crippen molar-refractivity contribution in [2.45, 2.75) is 45.3 Å². The lowest BCUT2D eigenvalue weighted by Crippen LogP contribution is -2.08. The monoisotopic (exact) mass is 579 g/mol. The lowest BCUT2D eigenvalue weighted by atomic mass is 10.1. The molecule has 1 fully saturated rings. The highest BCUT2D eigenvalue weighted by Gasteiger charge is 2.34. The highest BCUT2D eigenvalue weighted by atomic mass is 19.4. The number of hydrogen-bond acceptors (Lipinski definition) is 9. The van der Waals surface area contributed by atoms with Gasteiger partial charge >= 0.3 is 12.1 Å². The summed E-state index contributed by atoms with van der Waals surface area (Å²) < 4.78 is 51.0. The van der Waals surface area contributed by atoms with Gasteiger partial charge in [-0.2, -0.15) is 18.3 Å². The Morgan fingerprint density at radius 3 is 2.57 bits per heavy atom. The fourth-order valence-electron chi connectivity index (χ4n) is 4.35. The van der Waals surface area contributed by atoms with Crippen LogP contribution in [0.25, 0.3) is 23.2 Å². The van der Waals surface area contributed by atoms with Gasteiger partial charge in [0.15, 0.2) is 11.5 Å². The maximum atomic E-state index is 13.1. The molecule has 218 valence electrons. The van der Waals surface area contributed by atoms with Crippen molar-refractivity contribution in [3.05, 3.63) is 77.1 Å². The Hall–Kier alpha value is -4.81. The predicted octanol–water partition coefficient (Wildman–Crippen LogP) is 5.52. The topological polar surface area (TPSA) is 117 Å². The zero-order valence-electron chi connectivity index (χ0n) is 23.1. The minimum Gasteiger partial charge on any atom is -0.480 e. The van der Waals surface area contributed by atoms with E-state index in [1.165, 1.54) is 24.2 Å². The molecule has 0 unspecified atom stereocenters. The number of nitrogens with zero attached hydrogens (tertiary/aromatic N) is 6. The number of esters is 1. The molecular formula is C29H28F3N7O3. The number of alkyl halides is 3. The Morgan fingerprint density at radius 2 is 1.93 bits per heavy atom. The SMILES string of the molecule is CCOC(=O)/C=C/c1cnc(-c2c(OC)ncnc2C2CC2)nc1NCc1ccc(-n2nc(C(F)(F)F)cc2C)cc1. The lowest BCUT2D eigenvalue weighted by molar-refractivity contribution is -0.141. The molecular weight excluding hydrogens is 551 g/mol. The second-order valence-corrected chi connectivity index (χ2v) is 9.60. The first-order valence-electron chi connectivity index (χ1n) is 13.3. The summed E-state index contributed by atoms with van der Waals surface area (Å²) in [4.78, 5) is 30.0. The Bertz CT molecular complexity index is 1610. The van der Waals surface area contributed by atoms with E-state index in [0.29, 0.717) is 46.6 Å². The number of ether oxygens (including phenoxy) is 2. The van der Waals surface area contributed by atoms with Gasteiger partial charge in [-0.25, -0.2) is 29.4 Å². The van der Waals surface area contributed by atoms with Crippen molar-refractivity contribution >= 4 is 17.9 Å². The van der Waals surface area contributed by atoms with E-state index in [1.807, 2.05) is 0 Å². The van der Waals surface area contributed by atoms with Crippen molar-refractivity contribution in [3.8, 4) is 23.0 Å². The zero-order valence-corrected chi connectivity index (χ0v) is 23.1. The quantitative estimate of drug-likeness (QED) is 0.191. The van der Waals surface area contributed by atoms with Gasteiger partial charge < -0.3 is 14.8 Å². The Morgan fingerprint density at radius 1 is 1.17 bits per heavy atom. The smallest absolute Gasteiger partial charge is 0.435 e. The number of methoxy groups -OCH3 is 1. The van der Waals surface area contributed by atoms with Gasteiger partial charge in [0.05, 0.1) is 25.1 Å². The molecule has 1 aliphatic carbocycles. The number of carbonyl (C=O) groups excluding carboxylic acids is 1. The predicted molar refractivity (Wildman–Crippen MR) is 148 cm³/mol. The first kappa shape index (κ1) is 28.7. The molecule has 0 radical (unpaired) electrons. The number of aromatic nitrogens is 6. The van der Waals surface area contributed by atoms with Crippen LogP contribution in [0.2, 0.25) is 0 Å². The Kier molecular flexibility index (Phi) is 8.18. The fourth-order valence-corrected chi connectivity index (χ4v) is 4.35. The van der Waals surface area contributed by atoms with Crippen molar-refractivity contribution in [3.63, 3.8) is 0 Å². The summed E-state index contributed by atoms with van der Waals surface area (Å²) in [7, 11) is 1.52. The molecule has 4 aromatic rings. The summed E-state index contributed by atoms with van der Waals surface area (Å²) in [6.07, 6.45) is 3.40. The van der Waals surface area contributed by atoms with Crippen LogP contribution in [0.15, 0.2) is 48.9 Å². The molecule has 1 saturated carbocycles. The van der Waals surface area contributed by atoms with E-state index in [4.69, 9.17) is 14.5 Å². The molecule has 10 nitrogen and oxygen atoms in total. The zero-order chi connectivity index (χ0) is 29.9. The number of carbonyl (C=O) groups is 1. The summed E-state index contributed by atoms with van der Waals surface area (Å²) in [5.74, 6) is 0.959. The molecule has 1 N–H and O–H groups in total. The number of halogens is 3. The van der Waals surface area contributed by atoms with Crippen LogP contribution < -0.4 is 10.1 Å². The third-order valence-corrected chi connectivity index (χ3v) is 6.54. The standard InChI is InChI=1S/C29H28F3N7O3/c1-4-42-23(40)12-9-20-15-34-27(24-25(19-7-8-19)35-16-36-28(24)41-3)37-26(20)33-14-18-5-10-21(11-6-18)39-17(2)13-22(38-39)29(30,31)32/h5-6,9-13,15-16,19H,4,7-8,14H2,1-3H3,(H,33,34,37)/b12-9+. The average Bonchev–Trinajstić information content (AvgIpc) is 3.75. The van der Waals surface area contributed by atoms with Gasteiger partial charge in [-0.3, -0.25) is 0 Å². The molecule has 3 heterocycles.